The van der Waals surface area contributed by atoms with Crippen LogP contribution in [0.1, 0.15) is 29.8 Å². The number of nitrogens with zero attached hydrogens (tertiary/aromatic N) is 1. The van der Waals surface area contributed by atoms with Crippen molar-refractivity contribution in [1.29, 1.82) is 0 Å². The standard InChI is InChI=1S/C19H23ClN2O4S/c1-13(2)21-27(24,25)18-11-14(9-10-17(18)26-4)19(23)22(3)12-15-7-5-6-8-16(15)20/h5-11,13,21H,12H2,1-4H3. The number of rotatable bonds is 7. The van der Waals surface area contributed by atoms with Gasteiger partial charge in [0, 0.05) is 30.2 Å². The Morgan fingerprint density at radius 2 is 1.89 bits per heavy atom. The number of ether oxygens (including phenoxy) is 1. The highest BCUT2D eigenvalue weighted by atomic mass is 35.5. The van der Waals surface area contributed by atoms with Crippen molar-refractivity contribution in [2.75, 3.05) is 14.2 Å². The Labute approximate surface area is 165 Å². The third-order valence-electron chi connectivity index (χ3n) is 3.80. The summed E-state index contributed by atoms with van der Waals surface area (Å²) in [5, 5.41) is 0.566. The van der Waals surface area contributed by atoms with Gasteiger partial charge in [-0.05, 0) is 43.7 Å². The van der Waals surface area contributed by atoms with Crippen LogP contribution in [-0.4, -0.2) is 39.4 Å². The average Bonchev–Trinajstić information content (AvgIpc) is 2.61. The van der Waals surface area contributed by atoms with Crippen molar-refractivity contribution in [2.24, 2.45) is 0 Å². The van der Waals surface area contributed by atoms with E-state index in [4.69, 9.17) is 16.3 Å². The normalized spacial score (nSPS) is 11.5. The van der Waals surface area contributed by atoms with Crippen LogP contribution >= 0.6 is 11.6 Å². The molecule has 0 saturated heterocycles. The lowest BCUT2D eigenvalue weighted by atomic mass is 10.1. The molecule has 2 aromatic rings. The fourth-order valence-electron chi connectivity index (χ4n) is 2.57. The Bertz CT molecular complexity index is 929. The van der Waals surface area contributed by atoms with E-state index in [0.717, 1.165) is 5.56 Å². The Morgan fingerprint density at radius 1 is 1.22 bits per heavy atom. The molecule has 0 aliphatic rings. The van der Waals surface area contributed by atoms with Crippen LogP contribution in [0.25, 0.3) is 0 Å². The summed E-state index contributed by atoms with van der Waals surface area (Å²) in [6, 6.07) is 11.3. The largest absolute Gasteiger partial charge is 0.495 e. The minimum atomic E-state index is -3.82. The van der Waals surface area contributed by atoms with Gasteiger partial charge in [0.1, 0.15) is 10.6 Å². The van der Waals surface area contributed by atoms with Crippen molar-refractivity contribution < 1.29 is 17.9 Å². The van der Waals surface area contributed by atoms with E-state index in [9.17, 15) is 13.2 Å². The first-order chi connectivity index (χ1) is 12.7. The van der Waals surface area contributed by atoms with Crippen LogP contribution < -0.4 is 9.46 Å². The van der Waals surface area contributed by atoms with Crippen LogP contribution in [0.2, 0.25) is 5.02 Å². The molecule has 0 radical (unpaired) electrons. The van der Waals surface area contributed by atoms with Crippen molar-refractivity contribution in [3.05, 3.63) is 58.6 Å². The maximum atomic E-state index is 12.8. The number of hydrogen-bond acceptors (Lipinski definition) is 4. The number of carbonyl (C=O) groups is 1. The summed E-state index contributed by atoms with van der Waals surface area (Å²) in [5.41, 5.74) is 1.05. The lowest BCUT2D eigenvalue weighted by Crippen LogP contribution is -2.31. The molecule has 0 saturated carbocycles. The van der Waals surface area contributed by atoms with Gasteiger partial charge >= 0.3 is 0 Å². The molecule has 1 N–H and O–H groups in total. The number of hydrogen-bond donors (Lipinski definition) is 1. The highest BCUT2D eigenvalue weighted by Gasteiger charge is 2.23. The molecule has 1 amide bonds. The number of methoxy groups -OCH3 is 1. The number of sulfonamides is 1. The molecule has 0 aromatic heterocycles. The second kappa shape index (κ2) is 8.73. The van der Waals surface area contributed by atoms with Gasteiger partial charge in [0.15, 0.2) is 0 Å². The minimum Gasteiger partial charge on any atom is -0.495 e. The lowest BCUT2D eigenvalue weighted by molar-refractivity contribution is 0.0785. The molecule has 0 heterocycles. The Balaban J connectivity index is 2.34. The Kier molecular flexibility index (Phi) is 6.86. The fourth-order valence-corrected chi connectivity index (χ4v) is 4.21. The summed E-state index contributed by atoms with van der Waals surface area (Å²) in [4.78, 5) is 14.2. The van der Waals surface area contributed by atoms with E-state index < -0.39 is 10.0 Å². The van der Waals surface area contributed by atoms with E-state index in [1.54, 1.807) is 33.0 Å². The molecule has 2 aromatic carbocycles. The van der Waals surface area contributed by atoms with Gasteiger partial charge in [0.05, 0.1) is 7.11 Å². The minimum absolute atomic E-state index is 0.0734. The summed E-state index contributed by atoms with van der Waals surface area (Å²) >= 11 is 6.15. The first kappa shape index (κ1) is 21.2. The molecule has 0 atom stereocenters. The van der Waals surface area contributed by atoms with Crippen molar-refractivity contribution in [2.45, 2.75) is 31.3 Å². The zero-order chi connectivity index (χ0) is 20.2. The predicted octanol–water partition coefficient (Wildman–Crippen LogP) is 3.31. The van der Waals surface area contributed by atoms with Gasteiger partial charge in [-0.25, -0.2) is 13.1 Å². The van der Waals surface area contributed by atoms with Gasteiger partial charge in [-0.3, -0.25) is 4.79 Å². The molecular weight excluding hydrogens is 388 g/mol. The second-order valence-corrected chi connectivity index (χ2v) is 8.48. The lowest BCUT2D eigenvalue weighted by Gasteiger charge is -2.19. The monoisotopic (exact) mass is 410 g/mol. The first-order valence-electron chi connectivity index (χ1n) is 8.35. The molecule has 6 nitrogen and oxygen atoms in total. The highest BCUT2D eigenvalue weighted by molar-refractivity contribution is 7.89. The van der Waals surface area contributed by atoms with E-state index in [1.165, 1.54) is 24.1 Å². The average molecular weight is 411 g/mol. The van der Waals surface area contributed by atoms with Crippen LogP contribution in [0.15, 0.2) is 47.4 Å². The van der Waals surface area contributed by atoms with E-state index in [0.29, 0.717) is 11.6 Å². The molecule has 27 heavy (non-hydrogen) atoms. The van der Waals surface area contributed by atoms with E-state index in [1.807, 2.05) is 18.2 Å². The second-order valence-electron chi connectivity index (χ2n) is 6.39. The van der Waals surface area contributed by atoms with Gasteiger partial charge in [-0.2, -0.15) is 0 Å². The maximum absolute atomic E-state index is 12.8. The summed E-state index contributed by atoms with van der Waals surface area (Å²) in [6.45, 7) is 3.74. The fraction of sp³-hybridized carbons (Fsp3) is 0.316. The third kappa shape index (κ3) is 5.22. The van der Waals surface area contributed by atoms with Gasteiger partial charge in [-0.1, -0.05) is 29.8 Å². The first-order valence-corrected chi connectivity index (χ1v) is 10.2. The number of carbonyl (C=O) groups excluding carboxylic acids is 1. The van der Waals surface area contributed by atoms with Crippen molar-refractivity contribution >= 4 is 27.5 Å². The Hall–Kier alpha value is -2.09. The maximum Gasteiger partial charge on any atom is 0.253 e. The van der Waals surface area contributed by atoms with Gasteiger partial charge in [0.25, 0.3) is 5.91 Å². The zero-order valence-corrected chi connectivity index (χ0v) is 17.3. The predicted molar refractivity (Wildman–Crippen MR) is 106 cm³/mol. The topological polar surface area (TPSA) is 75.7 Å². The molecule has 2 rings (SSSR count). The molecule has 0 aliphatic carbocycles. The van der Waals surface area contributed by atoms with Crippen LogP contribution in [0.4, 0.5) is 0 Å². The molecule has 146 valence electrons. The summed E-state index contributed by atoms with van der Waals surface area (Å²) in [6.07, 6.45) is 0. The van der Waals surface area contributed by atoms with Crippen LogP contribution in [0.3, 0.4) is 0 Å². The zero-order valence-electron chi connectivity index (χ0n) is 15.7. The SMILES string of the molecule is COc1ccc(C(=O)N(C)Cc2ccccc2Cl)cc1S(=O)(=O)NC(C)C. The summed E-state index contributed by atoms with van der Waals surface area (Å²) in [7, 11) is -0.797. The van der Waals surface area contributed by atoms with E-state index in [2.05, 4.69) is 4.72 Å². The smallest absolute Gasteiger partial charge is 0.253 e. The van der Waals surface area contributed by atoms with Crippen molar-refractivity contribution in [1.82, 2.24) is 9.62 Å². The third-order valence-corrected chi connectivity index (χ3v) is 5.85. The van der Waals surface area contributed by atoms with Crippen molar-refractivity contribution in [3.8, 4) is 5.75 Å². The number of amides is 1. The summed E-state index contributed by atoms with van der Waals surface area (Å²) in [5.74, 6) is -0.146. The molecule has 8 heteroatoms. The molecule has 0 aliphatic heterocycles. The molecule has 0 spiro atoms. The number of benzene rings is 2. The number of nitrogens with one attached hydrogen (secondary N) is 1. The van der Waals surface area contributed by atoms with Crippen molar-refractivity contribution in [3.63, 3.8) is 0 Å². The molecule has 0 unspecified atom stereocenters. The van der Waals surface area contributed by atoms with Gasteiger partial charge in [0.2, 0.25) is 10.0 Å². The summed E-state index contributed by atoms with van der Waals surface area (Å²) < 4.78 is 32.8. The van der Waals surface area contributed by atoms with Crippen LogP contribution in [-0.2, 0) is 16.6 Å². The molecule has 0 fully saturated rings. The number of halogens is 1. The van der Waals surface area contributed by atoms with Gasteiger partial charge in [-0.15, -0.1) is 0 Å². The van der Waals surface area contributed by atoms with Gasteiger partial charge < -0.3 is 9.64 Å². The quantitative estimate of drug-likeness (QED) is 0.759. The van der Waals surface area contributed by atoms with E-state index in [-0.39, 0.29) is 28.2 Å². The van der Waals surface area contributed by atoms with Crippen LogP contribution in [0.5, 0.6) is 5.75 Å². The molecule has 0 bridgehead atoms. The molecular formula is C19H23ClN2O4S. The van der Waals surface area contributed by atoms with Crippen LogP contribution in [0, 0.1) is 0 Å². The Morgan fingerprint density at radius 3 is 2.48 bits per heavy atom. The van der Waals surface area contributed by atoms with E-state index >= 15 is 0 Å². The highest BCUT2D eigenvalue weighted by Crippen LogP contribution is 2.26.